The highest BCUT2D eigenvalue weighted by Crippen LogP contribution is 2.10. The number of hydrogen-bond acceptors (Lipinski definition) is 7. The number of carboxylic acids is 3. The number of amides is 3. The molecule has 0 saturated carbocycles. The number of halogens is 1. The lowest BCUT2D eigenvalue weighted by Crippen LogP contribution is -2.52. The number of aryl methyl sites for hydroxylation is 2. The third-order valence-corrected chi connectivity index (χ3v) is 5.99. The van der Waals surface area contributed by atoms with Gasteiger partial charge in [-0.2, -0.15) is 0 Å². The Hall–Kier alpha value is -3.78. The number of urea groups is 1. The number of carboxylic acid groups (broad SMARTS) is 3. The van der Waals surface area contributed by atoms with Gasteiger partial charge in [0.1, 0.15) is 12.1 Å². The van der Waals surface area contributed by atoms with Crippen LogP contribution in [0.25, 0.3) is 0 Å². The molecule has 5 N–H and O–H groups in total. The van der Waals surface area contributed by atoms with E-state index in [0.29, 0.717) is 51.6 Å². The maximum Gasteiger partial charge on any atom is 0.326 e. The molecule has 1 rings (SSSR count). The summed E-state index contributed by atoms with van der Waals surface area (Å²) in [5, 5.41) is 40.3. The van der Waals surface area contributed by atoms with E-state index in [0.717, 1.165) is 23.4 Å². The van der Waals surface area contributed by atoms with E-state index >= 15 is 0 Å². The zero-order valence-corrected chi connectivity index (χ0v) is 22.2. The van der Waals surface area contributed by atoms with Crippen LogP contribution in [0.2, 0.25) is 0 Å². The number of nitrogens with zero attached hydrogens (tertiary/aromatic N) is 4. The first kappa shape index (κ1) is 33.2. The molecule has 0 fully saturated rings. The van der Waals surface area contributed by atoms with Crippen molar-refractivity contribution in [3.05, 3.63) is 11.9 Å². The average molecular weight is 559 g/mol. The summed E-state index contributed by atoms with van der Waals surface area (Å²) >= 11 is 0. The fourth-order valence-corrected chi connectivity index (χ4v) is 3.73. The molecule has 39 heavy (non-hydrogen) atoms. The van der Waals surface area contributed by atoms with Crippen LogP contribution < -0.4 is 10.6 Å². The highest BCUT2D eigenvalue weighted by atomic mass is 19.1. The van der Waals surface area contributed by atoms with Gasteiger partial charge in [0.25, 0.3) is 0 Å². The van der Waals surface area contributed by atoms with Crippen molar-refractivity contribution in [2.75, 3.05) is 20.3 Å². The van der Waals surface area contributed by atoms with Gasteiger partial charge in [-0.25, -0.2) is 14.4 Å². The van der Waals surface area contributed by atoms with E-state index in [4.69, 9.17) is 5.11 Å². The first-order valence-electron chi connectivity index (χ1n) is 13.0. The van der Waals surface area contributed by atoms with Crippen molar-refractivity contribution in [2.24, 2.45) is 0 Å². The summed E-state index contributed by atoms with van der Waals surface area (Å²) in [5.41, 5.74) is 0.761. The van der Waals surface area contributed by atoms with Crippen LogP contribution in [0, 0.1) is 0 Å². The highest BCUT2D eigenvalue weighted by Gasteiger charge is 2.29. The van der Waals surface area contributed by atoms with Crippen LogP contribution in [0.5, 0.6) is 0 Å². The molecule has 0 saturated heterocycles. The minimum Gasteiger partial charge on any atom is -0.481 e. The molecule has 3 amide bonds. The molecule has 14 nitrogen and oxygen atoms in total. The monoisotopic (exact) mass is 558 g/mol. The Morgan fingerprint density at radius 3 is 2.36 bits per heavy atom. The molecule has 0 aromatic carbocycles. The van der Waals surface area contributed by atoms with Crippen molar-refractivity contribution < 1.29 is 43.7 Å². The van der Waals surface area contributed by atoms with E-state index in [2.05, 4.69) is 20.9 Å². The molecule has 220 valence electrons. The van der Waals surface area contributed by atoms with Gasteiger partial charge in [0, 0.05) is 39.2 Å². The van der Waals surface area contributed by atoms with Gasteiger partial charge in [0.05, 0.1) is 12.4 Å². The van der Waals surface area contributed by atoms with Crippen molar-refractivity contribution in [3.63, 3.8) is 0 Å². The van der Waals surface area contributed by atoms with Crippen molar-refractivity contribution in [1.82, 2.24) is 30.5 Å². The van der Waals surface area contributed by atoms with Crippen LogP contribution in [0.4, 0.5) is 9.18 Å². The zero-order valence-electron chi connectivity index (χ0n) is 22.2. The maximum absolute atomic E-state index is 12.4. The first-order valence-corrected chi connectivity index (χ1v) is 13.0. The number of likely N-dealkylation sites (N-methyl/N-ethyl adjacent to an activating group) is 1. The van der Waals surface area contributed by atoms with E-state index in [1.54, 1.807) is 10.9 Å². The summed E-state index contributed by atoms with van der Waals surface area (Å²) in [7, 11) is 1.22. The molecular formula is C24H39FN6O8. The summed E-state index contributed by atoms with van der Waals surface area (Å²) < 4.78 is 13.9. The number of nitrogens with one attached hydrogen (secondary N) is 2. The SMILES string of the molecule is CN(C(=O)NC(CCC(=O)O)C(=O)O)C(CCCCNC(=O)CCCCCn1cc(CCCF)nn1)C(=O)O. The van der Waals surface area contributed by atoms with Crippen molar-refractivity contribution in [3.8, 4) is 0 Å². The lowest BCUT2D eigenvalue weighted by molar-refractivity contribution is -0.142. The van der Waals surface area contributed by atoms with Crippen LogP contribution in [-0.2, 0) is 32.1 Å². The predicted molar refractivity (Wildman–Crippen MR) is 136 cm³/mol. The molecule has 1 aromatic rings. The van der Waals surface area contributed by atoms with Gasteiger partial charge in [0.15, 0.2) is 0 Å². The number of aromatic nitrogens is 3. The van der Waals surface area contributed by atoms with E-state index in [1.165, 1.54) is 7.05 Å². The second kappa shape index (κ2) is 18.5. The Balaban J connectivity index is 2.26. The summed E-state index contributed by atoms with van der Waals surface area (Å²) in [6.45, 7) is 0.627. The lowest BCUT2D eigenvalue weighted by Gasteiger charge is -2.26. The molecule has 2 unspecified atom stereocenters. The summed E-state index contributed by atoms with van der Waals surface area (Å²) in [5.74, 6) is -4.02. The number of alkyl halides is 1. The van der Waals surface area contributed by atoms with Crippen LogP contribution in [0.1, 0.15) is 69.9 Å². The van der Waals surface area contributed by atoms with Crippen LogP contribution in [0.3, 0.4) is 0 Å². The largest absolute Gasteiger partial charge is 0.481 e. The van der Waals surface area contributed by atoms with E-state index in [-0.39, 0.29) is 25.4 Å². The topological polar surface area (TPSA) is 204 Å². The molecule has 0 spiro atoms. The number of unbranched alkanes of at least 4 members (excludes halogenated alkanes) is 3. The zero-order chi connectivity index (χ0) is 29.2. The number of carbonyl (C=O) groups is 5. The third-order valence-electron chi connectivity index (χ3n) is 5.99. The van der Waals surface area contributed by atoms with E-state index in [1.807, 2.05) is 0 Å². The molecule has 15 heteroatoms. The molecule has 0 aliphatic rings. The molecule has 1 aromatic heterocycles. The summed E-state index contributed by atoms with van der Waals surface area (Å²) in [6, 6.07) is -3.62. The molecule has 0 aliphatic carbocycles. The Morgan fingerprint density at radius 2 is 1.72 bits per heavy atom. The molecule has 0 bridgehead atoms. The van der Waals surface area contributed by atoms with Gasteiger partial charge >= 0.3 is 23.9 Å². The maximum atomic E-state index is 12.4. The molecule has 0 aliphatic heterocycles. The quantitative estimate of drug-likeness (QED) is 0.137. The van der Waals surface area contributed by atoms with E-state index in [9.17, 15) is 38.6 Å². The van der Waals surface area contributed by atoms with Crippen molar-refractivity contribution in [2.45, 2.75) is 89.3 Å². The normalized spacial score (nSPS) is 12.4. The van der Waals surface area contributed by atoms with Crippen LogP contribution in [0.15, 0.2) is 6.20 Å². The highest BCUT2D eigenvalue weighted by molar-refractivity contribution is 5.86. The van der Waals surface area contributed by atoms with E-state index < -0.39 is 42.4 Å². The standard InChI is InChI=1S/C24H39FN6O8/c1-30(24(39)27-18(22(35)36)11-12-21(33)34)19(23(37)38)9-4-5-14-26-20(32)10-3-2-6-15-31-16-17(28-29-31)8-7-13-25/h16,18-19H,2-15H2,1H3,(H,26,32)(H,27,39)(H,33,34)(H,35,36)(H,37,38). The van der Waals surface area contributed by atoms with Gasteiger partial charge < -0.3 is 30.9 Å². The number of hydrogen-bond donors (Lipinski definition) is 5. The smallest absolute Gasteiger partial charge is 0.326 e. The van der Waals surface area contributed by atoms with Crippen molar-refractivity contribution in [1.29, 1.82) is 0 Å². The Morgan fingerprint density at radius 1 is 0.974 bits per heavy atom. The Bertz CT molecular complexity index is 943. The van der Waals surface area contributed by atoms with Gasteiger partial charge in [-0.3, -0.25) is 18.7 Å². The second-order valence-corrected chi connectivity index (χ2v) is 9.16. The van der Waals surface area contributed by atoms with Gasteiger partial charge in [-0.15, -0.1) is 5.10 Å². The second-order valence-electron chi connectivity index (χ2n) is 9.16. The van der Waals surface area contributed by atoms with Gasteiger partial charge in [-0.1, -0.05) is 11.6 Å². The minimum absolute atomic E-state index is 0.0831. The number of aliphatic carboxylic acids is 3. The molecule has 0 radical (unpaired) electrons. The third kappa shape index (κ3) is 14.1. The Kier molecular flexibility index (Phi) is 15.7. The van der Waals surface area contributed by atoms with Crippen LogP contribution >= 0.6 is 0 Å². The number of rotatable bonds is 21. The van der Waals surface area contributed by atoms with Gasteiger partial charge in [0.2, 0.25) is 5.91 Å². The summed E-state index contributed by atoms with van der Waals surface area (Å²) in [6.07, 6.45) is 5.63. The average Bonchev–Trinajstić information content (AvgIpc) is 3.33. The molecule has 1 heterocycles. The lowest BCUT2D eigenvalue weighted by atomic mass is 10.1. The molecule has 2 atom stereocenters. The predicted octanol–water partition coefficient (Wildman–Crippen LogP) is 1.44. The Labute approximate surface area is 225 Å². The summed E-state index contributed by atoms with van der Waals surface area (Å²) in [4.78, 5) is 58.9. The van der Waals surface area contributed by atoms with Gasteiger partial charge in [-0.05, 0) is 51.4 Å². The number of carbonyl (C=O) groups excluding carboxylic acids is 2. The van der Waals surface area contributed by atoms with Crippen molar-refractivity contribution >= 4 is 29.8 Å². The molecular weight excluding hydrogens is 519 g/mol. The minimum atomic E-state index is -1.46. The fraction of sp³-hybridized carbons (Fsp3) is 0.708. The van der Waals surface area contributed by atoms with Crippen LogP contribution in [-0.4, -0.2) is 97.4 Å². The first-order chi connectivity index (χ1) is 18.5. The fourth-order valence-electron chi connectivity index (χ4n) is 3.73.